The van der Waals surface area contributed by atoms with E-state index in [4.69, 9.17) is 17.0 Å². The molecule has 7 heteroatoms. The van der Waals surface area contributed by atoms with E-state index in [1.54, 1.807) is 12.1 Å². The van der Waals surface area contributed by atoms with Gasteiger partial charge in [0.2, 0.25) is 5.13 Å². The predicted octanol–water partition coefficient (Wildman–Crippen LogP) is 3.48. The Morgan fingerprint density at radius 2 is 2.41 bits per heavy atom. The Balaban J connectivity index is 2.17. The molecule has 2 aromatic rings. The molecule has 0 aliphatic rings. The van der Waals surface area contributed by atoms with E-state index in [2.05, 4.69) is 15.5 Å². The summed E-state index contributed by atoms with van der Waals surface area (Å²) < 4.78 is 19.2. The van der Waals surface area contributed by atoms with Crippen LogP contribution in [-0.4, -0.2) is 16.8 Å². The lowest BCUT2D eigenvalue weighted by Gasteiger charge is -2.06. The Hall–Kier alpha value is -1.47. The van der Waals surface area contributed by atoms with Crippen LogP contribution in [0.15, 0.2) is 18.2 Å². The lowest BCUT2D eigenvalue weighted by atomic mass is 10.3. The Bertz CT molecular complexity index is 567. The maximum absolute atomic E-state index is 13.5. The molecule has 0 bridgehead atoms. The number of benzene rings is 1. The van der Waals surface area contributed by atoms with Crippen molar-refractivity contribution in [1.82, 2.24) is 10.2 Å². The second kappa shape index (κ2) is 5.24. The zero-order valence-electron chi connectivity index (χ0n) is 8.99. The van der Waals surface area contributed by atoms with Gasteiger partial charge in [-0.3, -0.25) is 5.10 Å². The molecule has 4 nitrogen and oxygen atoms in total. The molecule has 0 aliphatic carbocycles. The van der Waals surface area contributed by atoms with Gasteiger partial charge < -0.3 is 10.1 Å². The summed E-state index contributed by atoms with van der Waals surface area (Å²) in [5, 5.41) is 10.1. The largest absolute Gasteiger partial charge is 0.491 e. The third-order valence-electron chi connectivity index (χ3n) is 1.92. The van der Waals surface area contributed by atoms with E-state index in [1.165, 1.54) is 17.4 Å². The monoisotopic (exact) mass is 271 g/mol. The van der Waals surface area contributed by atoms with Gasteiger partial charge in [0.15, 0.2) is 15.5 Å². The first-order valence-corrected chi connectivity index (χ1v) is 6.16. The molecule has 90 valence electrons. The number of nitrogens with one attached hydrogen (secondary N) is 2. The molecule has 2 N–H and O–H groups in total. The molecule has 0 saturated heterocycles. The van der Waals surface area contributed by atoms with Gasteiger partial charge in [-0.25, -0.2) is 4.39 Å². The summed E-state index contributed by atoms with van der Waals surface area (Å²) in [6, 6.07) is 4.65. The van der Waals surface area contributed by atoms with E-state index in [1.807, 2.05) is 6.92 Å². The van der Waals surface area contributed by atoms with Crippen molar-refractivity contribution >= 4 is 34.4 Å². The molecule has 0 radical (unpaired) electrons. The molecule has 0 fully saturated rings. The Labute approximate surface area is 106 Å². The summed E-state index contributed by atoms with van der Waals surface area (Å²) >= 11 is 6.18. The summed E-state index contributed by atoms with van der Waals surface area (Å²) in [4.78, 5) is 0. The van der Waals surface area contributed by atoms with Crippen LogP contribution in [0.4, 0.5) is 15.2 Å². The van der Waals surface area contributed by atoms with E-state index in [0.29, 0.717) is 21.4 Å². The minimum Gasteiger partial charge on any atom is -0.491 e. The molecule has 2 rings (SSSR count). The SMILES string of the molecule is CCOc1ccc(Nc2n[nH]c(=S)s2)cc1F. The fourth-order valence-corrected chi connectivity index (χ4v) is 2.07. The van der Waals surface area contributed by atoms with Gasteiger partial charge in [-0.05, 0) is 31.3 Å². The van der Waals surface area contributed by atoms with Crippen molar-refractivity contribution in [2.75, 3.05) is 11.9 Å². The highest BCUT2D eigenvalue weighted by molar-refractivity contribution is 7.73. The van der Waals surface area contributed by atoms with Crippen LogP contribution in [0.5, 0.6) is 5.75 Å². The summed E-state index contributed by atoms with van der Waals surface area (Å²) in [7, 11) is 0. The molecule has 0 amide bonds. The molecular weight excluding hydrogens is 261 g/mol. The van der Waals surface area contributed by atoms with Gasteiger partial charge in [0.25, 0.3) is 0 Å². The van der Waals surface area contributed by atoms with Crippen LogP contribution >= 0.6 is 23.6 Å². The van der Waals surface area contributed by atoms with Crippen LogP contribution in [0.2, 0.25) is 0 Å². The van der Waals surface area contributed by atoms with Crippen molar-refractivity contribution in [2.45, 2.75) is 6.92 Å². The average Bonchev–Trinajstić information content (AvgIpc) is 2.68. The first-order valence-electron chi connectivity index (χ1n) is 4.94. The van der Waals surface area contributed by atoms with Gasteiger partial charge in [-0.1, -0.05) is 11.3 Å². The standard InChI is InChI=1S/C10H10FN3OS2/c1-2-15-8-4-3-6(5-7(8)11)12-9-13-14-10(16)17-9/h3-5H,2H2,1H3,(H,12,13)(H,14,16). The molecule has 0 saturated carbocycles. The second-order valence-electron chi connectivity index (χ2n) is 3.12. The van der Waals surface area contributed by atoms with E-state index in [9.17, 15) is 4.39 Å². The summed E-state index contributed by atoms with van der Waals surface area (Å²) in [6.07, 6.45) is 0. The fraction of sp³-hybridized carbons (Fsp3) is 0.200. The van der Waals surface area contributed by atoms with Crippen molar-refractivity contribution in [3.63, 3.8) is 0 Å². The third kappa shape index (κ3) is 3.01. The van der Waals surface area contributed by atoms with E-state index >= 15 is 0 Å². The first-order chi connectivity index (χ1) is 8.19. The highest BCUT2D eigenvalue weighted by Crippen LogP contribution is 2.24. The maximum atomic E-state index is 13.5. The van der Waals surface area contributed by atoms with Crippen molar-refractivity contribution in [1.29, 1.82) is 0 Å². The molecule has 17 heavy (non-hydrogen) atoms. The molecule has 0 unspecified atom stereocenters. The number of aromatic amines is 1. The quantitative estimate of drug-likeness (QED) is 0.836. The lowest BCUT2D eigenvalue weighted by molar-refractivity contribution is 0.321. The Morgan fingerprint density at radius 1 is 1.59 bits per heavy atom. The number of H-pyrrole nitrogens is 1. The summed E-state index contributed by atoms with van der Waals surface area (Å²) in [5.74, 6) is -0.163. The summed E-state index contributed by atoms with van der Waals surface area (Å²) in [6.45, 7) is 2.24. The van der Waals surface area contributed by atoms with E-state index in [-0.39, 0.29) is 5.75 Å². The van der Waals surface area contributed by atoms with Crippen molar-refractivity contribution in [3.8, 4) is 5.75 Å². The summed E-state index contributed by atoms with van der Waals surface area (Å²) in [5.41, 5.74) is 0.601. The molecule has 1 heterocycles. The molecule has 0 aliphatic heterocycles. The normalized spacial score (nSPS) is 10.2. The molecule has 1 aromatic heterocycles. The van der Waals surface area contributed by atoms with Crippen LogP contribution in [0.25, 0.3) is 0 Å². The maximum Gasteiger partial charge on any atom is 0.208 e. The van der Waals surface area contributed by atoms with E-state index < -0.39 is 5.82 Å². The molecule has 0 atom stereocenters. The predicted molar refractivity (Wildman–Crippen MR) is 68.2 cm³/mol. The van der Waals surface area contributed by atoms with Crippen LogP contribution in [-0.2, 0) is 0 Å². The Morgan fingerprint density at radius 3 is 3.00 bits per heavy atom. The highest BCUT2D eigenvalue weighted by atomic mass is 32.1. The van der Waals surface area contributed by atoms with E-state index in [0.717, 1.165) is 0 Å². The number of ether oxygens (including phenoxy) is 1. The van der Waals surface area contributed by atoms with Crippen LogP contribution < -0.4 is 10.1 Å². The fourth-order valence-electron chi connectivity index (χ4n) is 1.26. The van der Waals surface area contributed by atoms with Crippen LogP contribution in [0.1, 0.15) is 6.92 Å². The number of rotatable bonds is 4. The van der Waals surface area contributed by atoms with Gasteiger partial charge in [-0.2, -0.15) is 0 Å². The molecule has 1 aromatic carbocycles. The van der Waals surface area contributed by atoms with Crippen molar-refractivity contribution < 1.29 is 9.13 Å². The van der Waals surface area contributed by atoms with Gasteiger partial charge in [0.05, 0.1) is 6.61 Å². The number of nitrogens with zero attached hydrogens (tertiary/aromatic N) is 1. The number of halogens is 1. The molecular formula is C10H10FN3OS2. The average molecular weight is 271 g/mol. The van der Waals surface area contributed by atoms with Crippen molar-refractivity contribution in [3.05, 3.63) is 28.0 Å². The molecule has 0 spiro atoms. The minimum absolute atomic E-state index is 0.243. The third-order valence-corrected chi connectivity index (χ3v) is 2.93. The minimum atomic E-state index is -0.406. The topological polar surface area (TPSA) is 49.9 Å². The van der Waals surface area contributed by atoms with Crippen LogP contribution in [0, 0.1) is 9.77 Å². The Kier molecular flexibility index (Phi) is 3.70. The van der Waals surface area contributed by atoms with Gasteiger partial charge in [0.1, 0.15) is 0 Å². The van der Waals surface area contributed by atoms with Gasteiger partial charge in [-0.15, -0.1) is 5.10 Å². The number of aromatic nitrogens is 2. The number of anilines is 2. The highest BCUT2D eigenvalue weighted by Gasteiger charge is 2.05. The zero-order valence-corrected chi connectivity index (χ0v) is 10.6. The first kappa shape index (κ1) is 12.0. The lowest BCUT2D eigenvalue weighted by Crippen LogP contribution is -1.96. The van der Waals surface area contributed by atoms with Gasteiger partial charge >= 0.3 is 0 Å². The van der Waals surface area contributed by atoms with Crippen LogP contribution in [0.3, 0.4) is 0 Å². The smallest absolute Gasteiger partial charge is 0.208 e. The van der Waals surface area contributed by atoms with Crippen molar-refractivity contribution in [2.24, 2.45) is 0 Å². The number of hydrogen-bond donors (Lipinski definition) is 2. The zero-order chi connectivity index (χ0) is 12.3. The number of hydrogen-bond acceptors (Lipinski definition) is 5. The second-order valence-corrected chi connectivity index (χ2v) is 4.79. The van der Waals surface area contributed by atoms with Gasteiger partial charge in [0, 0.05) is 11.8 Å².